The van der Waals surface area contributed by atoms with Crippen molar-refractivity contribution in [1.82, 2.24) is 19.9 Å². The van der Waals surface area contributed by atoms with Gasteiger partial charge < -0.3 is 14.6 Å². The van der Waals surface area contributed by atoms with Crippen molar-refractivity contribution in [2.45, 2.75) is 18.9 Å². The lowest BCUT2D eigenvalue weighted by Gasteiger charge is -2.32. The van der Waals surface area contributed by atoms with Gasteiger partial charge >= 0.3 is 0 Å². The van der Waals surface area contributed by atoms with Crippen LogP contribution < -0.4 is 4.74 Å². The summed E-state index contributed by atoms with van der Waals surface area (Å²) in [7, 11) is -2.96. The van der Waals surface area contributed by atoms with E-state index in [4.69, 9.17) is 4.74 Å². The first-order chi connectivity index (χ1) is 13.4. The van der Waals surface area contributed by atoms with Crippen molar-refractivity contribution in [2.24, 2.45) is 0 Å². The molecule has 0 saturated carbocycles. The second-order valence-electron chi connectivity index (χ2n) is 7.15. The van der Waals surface area contributed by atoms with Crippen LogP contribution in [0, 0.1) is 11.3 Å². The molecule has 0 aliphatic carbocycles. The Morgan fingerprint density at radius 3 is 2.86 bits per heavy atom. The van der Waals surface area contributed by atoms with E-state index in [0.29, 0.717) is 12.3 Å². The summed E-state index contributed by atoms with van der Waals surface area (Å²) in [4.78, 5) is 13.9. The summed E-state index contributed by atoms with van der Waals surface area (Å²) in [6.07, 6.45) is 6.10. The number of rotatable bonds is 5. The highest BCUT2D eigenvalue weighted by Gasteiger charge is 2.24. The second kappa shape index (κ2) is 7.37. The Hall–Kier alpha value is -2.70. The average Bonchev–Trinajstić information content (AvgIpc) is 3.06. The van der Waals surface area contributed by atoms with Gasteiger partial charge in [-0.3, -0.25) is 0 Å². The van der Waals surface area contributed by atoms with Crippen LogP contribution in [0.15, 0.2) is 24.5 Å². The maximum Gasteiger partial charge on any atom is 0.183 e. The molecule has 3 aromatic heterocycles. The highest BCUT2D eigenvalue weighted by molar-refractivity contribution is 7.90. The molecule has 0 spiro atoms. The summed E-state index contributed by atoms with van der Waals surface area (Å²) in [5.74, 6) is 0.664. The van der Waals surface area contributed by atoms with E-state index in [2.05, 4.69) is 25.9 Å². The highest BCUT2D eigenvalue weighted by Crippen LogP contribution is 2.35. The van der Waals surface area contributed by atoms with Crippen LogP contribution in [0.4, 0.5) is 0 Å². The fourth-order valence-corrected chi connectivity index (χ4v) is 4.19. The number of hydrogen-bond acceptors (Lipinski definition) is 7. The molecule has 8 nitrogen and oxygen atoms in total. The van der Waals surface area contributed by atoms with Gasteiger partial charge in [-0.2, -0.15) is 5.26 Å². The minimum absolute atomic E-state index is 0.0457. The highest BCUT2D eigenvalue weighted by atomic mass is 32.2. The van der Waals surface area contributed by atoms with E-state index in [-0.39, 0.29) is 17.6 Å². The van der Waals surface area contributed by atoms with Crippen LogP contribution in [0.3, 0.4) is 0 Å². The quantitative estimate of drug-likeness (QED) is 0.697. The number of nitrogens with one attached hydrogen (secondary N) is 1. The van der Waals surface area contributed by atoms with Crippen LogP contribution in [0.2, 0.25) is 0 Å². The van der Waals surface area contributed by atoms with Gasteiger partial charge in [0.25, 0.3) is 0 Å². The van der Waals surface area contributed by atoms with Crippen molar-refractivity contribution in [3.63, 3.8) is 0 Å². The minimum atomic E-state index is -2.96. The third kappa shape index (κ3) is 3.79. The van der Waals surface area contributed by atoms with Gasteiger partial charge in [0.1, 0.15) is 27.7 Å². The lowest BCUT2D eigenvalue weighted by Crippen LogP contribution is -2.40. The Kier molecular flexibility index (Phi) is 4.91. The molecule has 4 heterocycles. The predicted octanol–water partition coefficient (Wildman–Crippen LogP) is 1.87. The molecule has 0 amide bonds. The molecule has 4 rings (SSSR count). The molecular weight excluding hydrogens is 378 g/mol. The van der Waals surface area contributed by atoms with Crippen molar-refractivity contribution >= 4 is 31.8 Å². The molecule has 1 fully saturated rings. The summed E-state index contributed by atoms with van der Waals surface area (Å²) in [5, 5.41) is 11.2. The van der Waals surface area contributed by atoms with Crippen molar-refractivity contribution in [3.8, 4) is 11.8 Å². The van der Waals surface area contributed by atoms with Crippen LogP contribution in [0.5, 0.6) is 5.75 Å². The van der Waals surface area contributed by atoms with Crippen molar-refractivity contribution < 1.29 is 13.2 Å². The van der Waals surface area contributed by atoms with E-state index in [0.717, 1.165) is 47.9 Å². The molecule has 28 heavy (non-hydrogen) atoms. The van der Waals surface area contributed by atoms with E-state index in [1.165, 1.54) is 6.26 Å². The van der Waals surface area contributed by atoms with E-state index >= 15 is 0 Å². The van der Waals surface area contributed by atoms with E-state index in [1.54, 1.807) is 12.4 Å². The maximum absolute atomic E-state index is 11.4. The Labute approximate surface area is 163 Å². The van der Waals surface area contributed by atoms with Gasteiger partial charge in [-0.05, 0) is 25.0 Å². The van der Waals surface area contributed by atoms with Crippen molar-refractivity contribution in [2.75, 3.05) is 31.6 Å². The van der Waals surface area contributed by atoms with Crippen LogP contribution in [0.25, 0.3) is 21.9 Å². The number of nitrogens with zero attached hydrogens (tertiary/aromatic N) is 4. The van der Waals surface area contributed by atoms with Gasteiger partial charge in [-0.15, -0.1) is 0 Å². The third-order valence-corrected chi connectivity index (χ3v) is 5.99. The zero-order valence-electron chi connectivity index (χ0n) is 15.6. The number of H-pyrrole nitrogens is 1. The summed E-state index contributed by atoms with van der Waals surface area (Å²) >= 11 is 0. The second-order valence-corrected chi connectivity index (χ2v) is 9.41. The molecule has 0 unspecified atom stereocenters. The number of pyridine rings is 2. The fraction of sp³-hybridized carbons (Fsp3) is 0.421. The summed E-state index contributed by atoms with van der Waals surface area (Å²) < 4.78 is 29.0. The minimum Gasteiger partial charge on any atom is -0.487 e. The van der Waals surface area contributed by atoms with Gasteiger partial charge in [-0.1, -0.05) is 0 Å². The zero-order chi connectivity index (χ0) is 19.7. The molecule has 0 aromatic carbocycles. The molecule has 1 aliphatic rings. The molecule has 0 atom stereocenters. The van der Waals surface area contributed by atoms with Crippen LogP contribution in [-0.2, 0) is 9.84 Å². The zero-order valence-corrected chi connectivity index (χ0v) is 16.4. The Morgan fingerprint density at radius 2 is 2.14 bits per heavy atom. The number of hydrogen-bond donors (Lipinski definition) is 1. The molecular formula is C19H21N5O3S. The topological polar surface area (TPSA) is 112 Å². The van der Waals surface area contributed by atoms with Crippen LogP contribution in [0.1, 0.15) is 18.5 Å². The molecule has 9 heteroatoms. The van der Waals surface area contributed by atoms with Crippen LogP contribution in [-0.4, -0.2) is 66.0 Å². The first kappa shape index (κ1) is 18.7. The standard InChI is InChI=1S/C19H21N5O3S/c1-28(25,26)10-9-24-7-4-13(5-8-24)27-18-15(11-20)22-12-16-17(18)14-3-2-6-21-19(14)23-16/h2-3,6,12-13H,4-5,7-10H2,1H3,(H,21,23). The SMILES string of the molecule is CS(=O)(=O)CCN1CCC(Oc2c(C#N)ncc3[nH]c4ncccc4c23)CC1. The van der Waals surface area contributed by atoms with E-state index < -0.39 is 9.84 Å². The summed E-state index contributed by atoms with van der Waals surface area (Å²) in [5.41, 5.74) is 1.78. The molecule has 0 radical (unpaired) electrons. The maximum atomic E-state index is 11.4. The van der Waals surface area contributed by atoms with Gasteiger partial charge in [0.2, 0.25) is 0 Å². The Bertz CT molecular complexity index is 1160. The van der Waals surface area contributed by atoms with Crippen molar-refractivity contribution in [1.29, 1.82) is 5.26 Å². The number of likely N-dealkylation sites (tertiary alicyclic amines) is 1. The van der Waals surface area contributed by atoms with Gasteiger partial charge in [0.15, 0.2) is 11.4 Å². The number of sulfone groups is 1. The van der Waals surface area contributed by atoms with Gasteiger partial charge in [0.05, 0.1) is 22.9 Å². The molecule has 146 valence electrons. The molecule has 1 N–H and O–H groups in total. The lowest BCUT2D eigenvalue weighted by molar-refractivity contribution is 0.105. The van der Waals surface area contributed by atoms with Gasteiger partial charge in [-0.25, -0.2) is 18.4 Å². The number of aromatic nitrogens is 3. The largest absolute Gasteiger partial charge is 0.487 e. The molecule has 3 aromatic rings. The monoisotopic (exact) mass is 399 g/mol. The summed E-state index contributed by atoms with van der Waals surface area (Å²) in [6, 6.07) is 5.93. The Balaban J connectivity index is 1.56. The summed E-state index contributed by atoms with van der Waals surface area (Å²) in [6.45, 7) is 2.07. The normalized spacial score (nSPS) is 16.4. The number of aromatic amines is 1. The third-order valence-electron chi connectivity index (χ3n) is 5.07. The van der Waals surface area contributed by atoms with E-state index in [1.807, 2.05) is 12.1 Å². The molecule has 0 bridgehead atoms. The van der Waals surface area contributed by atoms with Crippen LogP contribution >= 0.6 is 0 Å². The average molecular weight is 399 g/mol. The number of ether oxygens (including phenoxy) is 1. The number of piperidine rings is 1. The number of fused-ring (bicyclic) bond motifs is 3. The predicted molar refractivity (Wildman–Crippen MR) is 106 cm³/mol. The fourth-order valence-electron chi connectivity index (χ4n) is 3.60. The molecule has 1 aliphatic heterocycles. The van der Waals surface area contributed by atoms with E-state index in [9.17, 15) is 13.7 Å². The lowest BCUT2D eigenvalue weighted by atomic mass is 10.1. The first-order valence-electron chi connectivity index (χ1n) is 9.17. The number of nitriles is 1. The van der Waals surface area contributed by atoms with Gasteiger partial charge in [0, 0.05) is 37.5 Å². The Morgan fingerprint density at radius 1 is 1.36 bits per heavy atom. The first-order valence-corrected chi connectivity index (χ1v) is 11.2. The van der Waals surface area contributed by atoms with Crippen molar-refractivity contribution in [3.05, 3.63) is 30.2 Å². The molecule has 1 saturated heterocycles. The smallest absolute Gasteiger partial charge is 0.183 e.